The molecule has 6 heteroatoms. The lowest BCUT2D eigenvalue weighted by atomic mass is 10.0. The Morgan fingerprint density at radius 2 is 2.10 bits per heavy atom. The van der Waals surface area contributed by atoms with E-state index in [-0.39, 0.29) is 6.04 Å². The number of thioether (sulfide) groups is 1. The van der Waals surface area contributed by atoms with Gasteiger partial charge in [-0.2, -0.15) is 0 Å². The molecule has 2 N–H and O–H groups in total. The average molecular weight is 312 g/mol. The molecular weight excluding hydrogens is 294 g/mol. The second-order valence-corrected chi connectivity index (χ2v) is 6.03. The molecule has 108 valence electrons. The van der Waals surface area contributed by atoms with Crippen LogP contribution in [0, 0.1) is 5.92 Å². The SMILES string of the molecule is CC[C@H](C)[C@H](N)c1nnc(SCc2ccccc2Cl)o1. The summed E-state index contributed by atoms with van der Waals surface area (Å²) in [5.74, 6) is 1.51. The number of halogens is 1. The number of aromatic nitrogens is 2. The monoisotopic (exact) mass is 311 g/mol. The Labute approximate surface area is 128 Å². The number of nitrogens with zero attached hydrogens (tertiary/aromatic N) is 2. The predicted molar refractivity (Wildman–Crippen MR) is 81.7 cm³/mol. The summed E-state index contributed by atoms with van der Waals surface area (Å²) in [5.41, 5.74) is 7.11. The van der Waals surface area contributed by atoms with Gasteiger partial charge in [-0.1, -0.05) is 61.8 Å². The second-order valence-electron chi connectivity index (χ2n) is 4.70. The van der Waals surface area contributed by atoms with Crippen LogP contribution < -0.4 is 5.73 Å². The molecule has 0 aliphatic heterocycles. The summed E-state index contributed by atoms with van der Waals surface area (Å²) in [6.07, 6.45) is 0.978. The number of hydrogen-bond donors (Lipinski definition) is 1. The van der Waals surface area contributed by atoms with Gasteiger partial charge in [-0.25, -0.2) is 0 Å². The standard InChI is InChI=1S/C14H18ClN3OS/c1-3-9(2)12(16)13-17-18-14(19-13)20-8-10-6-4-5-7-11(10)15/h4-7,9,12H,3,8,16H2,1-2H3/t9-,12-/m0/s1. The van der Waals surface area contributed by atoms with Crippen molar-refractivity contribution in [3.63, 3.8) is 0 Å². The number of hydrogen-bond acceptors (Lipinski definition) is 5. The van der Waals surface area contributed by atoms with E-state index in [0.29, 0.717) is 22.8 Å². The molecule has 1 aromatic carbocycles. The molecule has 0 saturated heterocycles. The molecule has 0 bridgehead atoms. The van der Waals surface area contributed by atoms with Gasteiger partial charge in [0.25, 0.3) is 5.22 Å². The van der Waals surface area contributed by atoms with E-state index in [1.165, 1.54) is 11.8 Å². The zero-order chi connectivity index (χ0) is 14.5. The van der Waals surface area contributed by atoms with Gasteiger partial charge in [-0.15, -0.1) is 10.2 Å². The first-order valence-electron chi connectivity index (χ1n) is 6.57. The van der Waals surface area contributed by atoms with Gasteiger partial charge >= 0.3 is 0 Å². The quantitative estimate of drug-likeness (QED) is 0.815. The maximum absolute atomic E-state index is 6.11. The molecule has 2 rings (SSSR count). The minimum atomic E-state index is -0.206. The summed E-state index contributed by atoms with van der Waals surface area (Å²) in [7, 11) is 0. The lowest BCUT2D eigenvalue weighted by Gasteiger charge is -2.13. The minimum Gasteiger partial charge on any atom is -0.414 e. The smallest absolute Gasteiger partial charge is 0.276 e. The summed E-state index contributed by atoms with van der Waals surface area (Å²) in [5, 5.41) is 9.32. The second kappa shape index (κ2) is 7.11. The highest BCUT2D eigenvalue weighted by molar-refractivity contribution is 7.98. The lowest BCUT2D eigenvalue weighted by molar-refractivity contribution is 0.333. The maximum atomic E-state index is 6.11. The van der Waals surface area contributed by atoms with Crippen molar-refractivity contribution >= 4 is 23.4 Å². The molecule has 0 fully saturated rings. The zero-order valence-electron chi connectivity index (χ0n) is 11.5. The van der Waals surface area contributed by atoms with Gasteiger partial charge in [0.05, 0.1) is 6.04 Å². The van der Waals surface area contributed by atoms with Crippen molar-refractivity contribution in [3.8, 4) is 0 Å². The van der Waals surface area contributed by atoms with Gasteiger partial charge in [-0.05, 0) is 17.5 Å². The molecule has 4 nitrogen and oxygen atoms in total. The van der Waals surface area contributed by atoms with Crippen LogP contribution in [0.2, 0.25) is 5.02 Å². The van der Waals surface area contributed by atoms with Crippen molar-refractivity contribution in [3.05, 3.63) is 40.7 Å². The summed E-state index contributed by atoms with van der Waals surface area (Å²) < 4.78 is 5.60. The molecule has 0 spiro atoms. The van der Waals surface area contributed by atoms with Crippen LogP contribution >= 0.6 is 23.4 Å². The van der Waals surface area contributed by atoms with Gasteiger partial charge in [0.15, 0.2) is 0 Å². The highest BCUT2D eigenvalue weighted by Gasteiger charge is 2.19. The fourth-order valence-corrected chi connectivity index (χ4v) is 2.72. The summed E-state index contributed by atoms with van der Waals surface area (Å²) in [6.45, 7) is 4.17. The Morgan fingerprint density at radius 1 is 1.35 bits per heavy atom. The minimum absolute atomic E-state index is 0.206. The van der Waals surface area contributed by atoms with E-state index in [0.717, 1.165) is 17.0 Å². The fraction of sp³-hybridized carbons (Fsp3) is 0.429. The first-order chi connectivity index (χ1) is 9.61. The predicted octanol–water partition coefficient (Wildman–Crippen LogP) is 4.06. The summed E-state index contributed by atoms with van der Waals surface area (Å²) >= 11 is 7.57. The van der Waals surface area contributed by atoms with Crippen molar-refractivity contribution < 1.29 is 4.42 Å². The highest BCUT2D eigenvalue weighted by atomic mass is 35.5. The Bertz CT molecular complexity index is 561. The van der Waals surface area contributed by atoms with Crippen LogP contribution in [0.15, 0.2) is 33.9 Å². The third-order valence-corrected chi connectivity index (χ3v) is 4.51. The third-order valence-electron chi connectivity index (χ3n) is 3.27. The van der Waals surface area contributed by atoms with E-state index < -0.39 is 0 Å². The molecule has 20 heavy (non-hydrogen) atoms. The molecular formula is C14H18ClN3OS. The summed E-state index contributed by atoms with van der Waals surface area (Å²) in [6, 6.07) is 7.52. The van der Waals surface area contributed by atoms with Crippen LogP contribution in [0.5, 0.6) is 0 Å². The first kappa shape index (κ1) is 15.4. The molecule has 0 aliphatic carbocycles. The average Bonchev–Trinajstić information content (AvgIpc) is 2.93. The largest absolute Gasteiger partial charge is 0.414 e. The molecule has 0 radical (unpaired) electrons. The van der Waals surface area contributed by atoms with Crippen molar-refractivity contribution in [2.24, 2.45) is 11.7 Å². The number of nitrogens with two attached hydrogens (primary N) is 1. The van der Waals surface area contributed by atoms with Crippen LogP contribution in [-0.4, -0.2) is 10.2 Å². The topological polar surface area (TPSA) is 64.9 Å². The Morgan fingerprint density at radius 3 is 2.80 bits per heavy atom. The third kappa shape index (κ3) is 3.75. The van der Waals surface area contributed by atoms with Gasteiger partial charge < -0.3 is 10.2 Å². The molecule has 0 saturated carbocycles. The van der Waals surface area contributed by atoms with E-state index in [9.17, 15) is 0 Å². The number of benzene rings is 1. The van der Waals surface area contributed by atoms with Gasteiger partial charge in [0.2, 0.25) is 5.89 Å². The molecule has 0 aliphatic rings. The van der Waals surface area contributed by atoms with E-state index in [1.54, 1.807) is 0 Å². The van der Waals surface area contributed by atoms with E-state index in [1.807, 2.05) is 24.3 Å². The van der Waals surface area contributed by atoms with Gasteiger partial charge in [0, 0.05) is 10.8 Å². The molecule has 2 atom stereocenters. The molecule has 0 amide bonds. The fourth-order valence-electron chi connectivity index (χ4n) is 1.67. The van der Waals surface area contributed by atoms with E-state index in [4.69, 9.17) is 21.8 Å². The van der Waals surface area contributed by atoms with Crippen molar-refractivity contribution in [1.29, 1.82) is 0 Å². The van der Waals surface area contributed by atoms with Crippen LogP contribution in [0.25, 0.3) is 0 Å². The van der Waals surface area contributed by atoms with Gasteiger partial charge in [0.1, 0.15) is 0 Å². The maximum Gasteiger partial charge on any atom is 0.276 e. The first-order valence-corrected chi connectivity index (χ1v) is 7.93. The molecule has 0 unspecified atom stereocenters. The van der Waals surface area contributed by atoms with Gasteiger partial charge in [-0.3, -0.25) is 0 Å². The van der Waals surface area contributed by atoms with Crippen LogP contribution in [-0.2, 0) is 5.75 Å². The summed E-state index contributed by atoms with van der Waals surface area (Å²) in [4.78, 5) is 0. The molecule has 1 heterocycles. The van der Waals surface area contributed by atoms with Crippen LogP contribution in [0.4, 0.5) is 0 Å². The van der Waals surface area contributed by atoms with Crippen LogP contribution in [0.1, 0.15) is 37.8 Å². The van der Waals surface area contributed by atoms with E-state index in [2.05, 4.69) is 24.0 Å². The highest BCUT2D eigenvalue weighted by Crippen LogP contribution is 2.28. The van der Waals surface area contributed by atoms with Crippen molar-refractivity contribution in [1.82, 2.24) is 10.2 Å². The van der Waals surface area contributed by atoms with Crippen molar-refractivity contribution in [2.45, 2.75) is 37.3 Å². The zero-order valence-corrected chi connectivity index (χ0v) is 13.1. The normalized spacial score (nSPS) is 14.2. The van der Waals surface area contributed by atoms with Crippen LogP contribution in [0.3, 0.4) is 0 Å². The van der Waals surface area contributed by atoms with E-state index >= 15 is 0 Å². The Balaban J connectivity index is 1.98. The number of rotatable bonds is 6. The molecule has 2 aromatic rings. The molecule has 1 aromatic heterocycles. The Kier molecular flexibility index (Phi) is 5.46. The Hall–Kier alpha value is -1.04. The van der Waals surface area contributed by atoms with Crippen molar-refractivity contribution in [2.75, 3.05) is 0 Å². The lowest BCUT2D eigenvalue weighted by Crippen LogP contribution is -2.18.